The Hall–Kier alpha value is -1.13. The molecule has 0 spiro atoms. The van der Waals surface area contributed by atoms with E-state index in [0.29, 0.717) is 11.4 Å². The number of pyridine rings is 1. The lowest BCUT2D eigenvalue weighted by molar-refractivity contribution is -0.0716. The maximum atomic E-state index is 10.0. The lowest BCUT2D eigenvalue weighted by Gasteiger charge is -2.31. The SMILES string of the molecule is CN(C)C(C)(O)c1cccnc1N. The average molecular weight is 181 g/mol. The third kappa shape index (κ3) is 1.79. The molecule has 0 saturated carbocycles. The van der Waals surface area contributed by atoms with Crippen LogP contribution in [0.25, 0.3) is 0 Å². The molecule has 0 aliphatic heterocycles. The van der Waals surface area contributed by atoms with Crippen molar-refractivity contribution in [3.05, 3.63) is 23.9 Å². The second kappa shape index (κ2) is 3.32. The van der Waals surface area contributed by atoms with E-state index in [1.165, 1.54) is 0 Å². The largest absolute Gasteiger partial charge is 0.383 e. The van der Waals surface area contributed by atoms with Crippen LogP contribution in [-0.4, -0.2) is 29.1 Å². The first kappa shape index (κ1) is 9.95. The van der Waals surface area contributed by atoms with Crippen LogP contribution in [0.1, 0.15) is 12.5 Å². The third-order valence-electron chi connectivity index (χ3n) is 2.22. The number of rotatable bonds is 2. The number of hydrogen-bond acceptors (Lipinski definition) is 4. The summed E-state index contributed by atoms with van der Waals surface area (Å²) in [6.45, 7) is 1.68. The van der Waals surface area contributed by atoms with Gasteiger partial charge in [-0.1, -0.05) is 0 Å². The fourth-order valence-corrected chi connectivity index (χ4v) is 1.06. The molecule has 0 saturated heterocycles. The van der Waals surface area contributed by atoms with E-state index in [-0.39, 0.29) is 0 Å². The van der Waals surface area contributed by atoms with Crippen molar-refractivity contribution >= 4 is 5.82 Å². The van der Waals surface area contributed by atoms with Crippen LogP contribution in [0.4, 0.5) is 5.82 Å². The molecule has 4 heteroatoms. The highest BCUT2D eigenvalue weighted by Gasteiger charge is 2.27. The summed E-state index contributed by atoms with van der Waals surface area (Å²) in [5.41, 5.74) is 5.20. The van der Waals surface area contributed by atoms with Gasteiger partial charge in [-0.25, -0.2) is 4.98 Å². The normalized spacial score (nSPS) is 15.8. The molecule has 0 aliphatic rings. The summed E-state index contributed by atoms with van der Waals surface area (Å²) >= 11 is 0. The smallest absolute Gasteiger partial charge is 0.144 e. The van der Waals surface area contributed by atoms with Gasteiger partial charge >= 0.3 is 0 Å². The zero-order valence-electron chi connectivity index (χ0n) is 8.15. The van der Waals surface area contributed by atoms with E-state index >= 15 is 0 Å². The fraction of sp³-hybridized carbons (Fsp3) is 0.444. The molecular formula is C9H15N3O. The molecule has 0 fully saturated rings. The quantitative estimate of drug-likeness (QED) is 0.648. The summed E-state index contributed by atoms with van der Waals surface area (Å²) in [4.78, 5) is 5.60. The van der Waals surface area contributed by atoms with Crippen molar-refractivity contribution in [1.82, 2.24) is 9.88 Å². The maximum absolute atomic E-state index is 10.0. The minimum absolute atomic E-state index is 0.362. The molecule has 4 nitrogen and oxygen atoms in total. The summed E-state index contributed by atoms with van der Waals surface area (Å²) in [6, 6.07) is 3.52. The Morgan fingerprint density at radius 3 is 2.62 bits per heavy atom. The summed E-state index contributed by atoms with van der Waals surface area (Å²) in [5.74, 6) is 0.362. The van der Waals surface area contributed by atoms with E-state index in [4.69, 9.17) is 5.73 Å². The Labute approximate surface area is 78.0 Å². The monoisotopic (exact) mass is 181 g/mol. The second-order valence-corrected chi connectivity index (χ2v) is 3.35. The summed E-state index contributed by atoms with van der Waals surface area (Å²) in [5, 5.41) is 10.0. The van der Waals surface area contributed by atoms with E-state index in [1.54, 1.807) is 44.2 Å². The van der Waals surface area contributed by atoms with Crippen LogP contribution in [0, 0.1) is 0 Å². The molecule has 1 aromatic heterocycles. The van der Waals surface area contributed by atoms with Crippen molar-refractivity contribution < 1.29 is 5.11 Å². The van der Waals surface area contributed by atoms with Crippen LogP contribution in [0.5, 0.6) is 0 Å². The van der Waals surface area contributed by atoms with Gasteiger partial charge in [0.05, 0.1) is 0 Å². The van der Waals surface area contributed by atoms with Gasteiger partial charge in [-0.05, 0) is 33.2 Å². The van der Waals surface area contributed by atoms with Crippen LogP contribution < -0.4 is 5.73 Å². The van der Waals surface area contributed by atoms with Gasteiger partial charge in [0.2, 0.25) is 0 Å². The van der Waals surface area contributed by atoms with Crippen molar-refractivity contribution in [2.75, 3.05) is 19.8 Å². The van der Waals surface area contributed by atoms with Gasteiger partial charge in [0, 0.05) is 11.8 Å². The van der Waals surface area contributed by atoms with Gasteiger partial charge in [-0.15, -0.1) is 0 Å². The first-order valence-electron chi connectivity index (χ1n) is 4.07. The number of nitrogens with two attached hydrogens (primary N) is 1. The lowest BCUT2D eigenvalue weighted by Crippen LogP contribution is -2.38. The molecule has 3 N–H and O–H groups in total. The minimum Gasteiger partial charge on any atom is -0.383 e. The molecule has 1 heterocycles. The number of nitrogens with zero attached hydrogens (tertiary/aromatic N) is 2. The van der Waals surface area contributed by atoms with Crippen LogP contribution in [0.15, 0.2) is 18.3 Å². The molecule has 0 amide bonds. The Morgan fingerprint density at radius 1 is 1.54 bits per heavy atom. The first-order valence-corrected chi connectivity index (χ1v) is 4.07. The molecule has 0 bridgehead atoms. The fourth-order valence-electron chi connectivity index (χ4n) is 1.06. The number of aromatic nitrogens is 1. The van der Waals surface area contributed by atoms with Crippen LogP contribution in [-0.2, 0) is 5.72 Å². The Balaban J connectivity index is 3.14. The molecule has 0 aromatic carbocycles. The zero-order chi connectivity index (χ0) is 10.1. The topological polar surface area (TPSA) is 62.4 Å². The summed E-state index contributed by atoms with van der Waals surface area (Å²) in [7, 11) is 3.57. The molecule has 0 radical (unpaired) electrons. The number of aliphatic hydroxyl groups is 1. The number of anilines is 1. The predicted octanol–water partition coefficient (Wildman–Crippen LogP) is 0.390. The highest BCUT2D eigenvalue weighted by atomic mass is 16.3. The highest BCUT2D eigenvalue weighted by molar-refractivity contribution is 5.41. The van der Waals surface area contributed by atoms with Gasteiger partial charge in [0.1, 0.15) is 11.5 Å². The van der Waals surface area contributed by atoms with Crippen LogP contribution in [0.3, 0.4) is 0 Å². The van der Waals surface area contributed by atoms with Gasteiger partial charge in [0.15, 0.2) is 0 Å². The molecule has 13 heavy (non-hydrogen) atoms. The Morgan fingerprint density at radius 2 is 2.15 bits per heavy atom. The minimum atomic E-state index is -1.07. The predicted molar refractivity (Wildman–Crippen MR) is 51.9 cm³/mol. The van der Waals surface area contributed by atoms with Crippen LogP contribution >= 0.6 is 0 Å². The van der Waals surface area contributed by atoms with Gasteiger partial charge in [-0.2, -0.15) is 0 Å². The van der Waals surface area contributed by atoms with Crippen molar-refractivity contribution in [1.29, 1.82) is 0 Å². The third-order valence-corrected chi connectivity index (χ3v) is 2.22. The van der Waals surface area contributed by atoms with Crippen LogP contribution in [0.2, 0.25) is 0 Å². The van der Waals surface area contributed by atoms with Crippen molar-refractivity contribution in [3.8, 4) is 0 Å². The Kier molecular flexibility index (Phi) is 2.54. The van der Waals surface area contributed by atoms with E-state index in [9.17, 15) is 5.11 Å². The van der Waals surface area contributed by atoms with Crippen molar-refractivity contribution in [2.24, 2.45) is 0 Å². The number of nitrogen functional groups attached to an aromatic ring is 1. The van der Waals surface area contributed by atoms with Crippen molar-refractivity contribution in [3.63, 3.8) is 0 Å². The summed E-state index contributed by atoms with van der Waals surface area (Å²) < 4.78 is 0. The van der Waals surface area contributed by atoms with Gasteiger partial charge in [0.25, 0.3) is 0 Å². The highest BCUT2D eigenvalue weighted by Crippen LogP contribution is 2.25. The molecule has 1 atom stereocenters. The standard InChI is InChI=1S/C9H15N3O/c1-9(13,12(2)3)7-5-4-6-11-8(7)10/h4-6,13H,1-3H3,(H2,10,11). The molecule has 1 rings (SSSR count). The van der Waals surface area contributed by atoms with E-state index in [1.807, 2.05) is 0 Å². The molecule has 72 valence electrons. The van der Waals surface area contributed by atoms with Crippen molar-refractivity contribution in [2.45, 2.75) is 12.6 Å². The van der Waals surface area contributed by atoms with E-state index in [2.05, 4.69) is 4.98 Å². The van der Waals surface area contributed by atoms with E-state index < -0.39 is 5.72 Å². The summed E-state index contributed by atoms with van der Waals surface area (Å²) in [6.07, 6.45) is 1.60. The first-order chi connectivity index (χ1) is 5.96. The zero-order valence-corrected chi connectivity index (χ0v) is 8.15. The van der Waals surface area contributed by atoms with Gasteiger partial charge < -0.3 is 10.8 Å². The Bertz CT molecular complexity index is 297. The average Bonchev–Trinajstić information content (AvgIpc) is 2.04. The second-order valence-electron chi connectivity index (χ2n) is 3.35. The molecule has 1 unspecified atom stereocenters. The lowest BCUT2D eigenvalue weighted by atomic mass is 10.1. The van der Waals surface area contributed by atoms with Gasteiger partial charge in [-0.3, -0.25) is 4.90 Å². The van der Waals surface area contributed by atoms with E-state index in [0.717, 1.165) is 0 Å². The molecular weight excluding hydrogens is 166 g/mol. The maximum Gasteiger partial charge on any atom is 0.144 e. The molecule has 0 aliphatic carbocycles. The molecule has 1 aromatic rings. The number of hydrogen-bond donors (Lipinski definition) is 2.